The molecule has 0 unspecified atom stereocenters. The average molecular weight is 451 g/mol. The number of carbonyl (C=O) groups is 1. The molecule has 0 saturated heterocycles. The maximum Gasteiger partial charge on any atom is 0.287 e. The van der Waals surface area contributed by atoms with Crippen LogP contribution in [0.25, 0.3) is 0 Å². The van der Waals surface area contributed by atoms with Gasteiger partial charge in [-0.1, -0.05) is 0 Å². The SMILES string of the molecule is CCn1ccc(CNC(=O)c2ccc(COc3ccc(I)cc3)o2)n1. The first kappa shape index (κ1) is 17.5. The molecule has 2 heterocycles. The van der Waals surface area contributed by atoms with E-state index >= 15 is 0 Å². The van der Waals surface area contributed by atoms with Gasteiger partial charge in [-0.2, -0.15) is 5.10 Å². The summed E-state index contributed by atoms with van der Waals surface area (Å²) in [4.78, 5) is 12.1. The first-order valence-electron chi connectivity index (χ1n) is 7.91. The van der Waals surface area contributed by atoms with Gasteiger partial charge < -0.3 is 14.5 Å². The lowest BCUT2D eigenvalue weighted by atomic mass is 10.3. The molecule has 1 amide bonds. The normalized spacial score (nSPS) is 10.6. The molecule has 0 atom stereocenters. The Hall–Kier alpha value is -2.29. The van der Waals surface area contributed by atoms with E-state index in [4.69, 9.17) is 9.15 Å². The molecule has 0 aliphatic rings. The monoisotopic (exact) mass is 451 g/mol. The number of aryl methyl sites for hydroxylation is 1. The molecule has 1 aromatic carbocycles. The lowest BCUT2D eigenvalue weighted by Crippen LogP contribution is -2.22. The van der Waals surface area contributed by atoms with Crippen LogP contribution in [0.5, 0.6) is 5.75 Å². The average Bonchev–Trinajstić information content (AvgIpc) is 3.28. The number of furan rings is 1. The maximum absolute atomic E-state index is 12.1. The van der Waals surface area contributed by atoms with Crippen molar-refractivity contribution in [2.24, 2.45) is 0 Å². The van der Waals surface area contributed by atoms with Gasteiger partial charge in [-0.25, -0.2) is 0 Å². The van der Waals surface area contributed by atoms with Gasteiger partial charge >= 0.3 is 0 Å². The molecule has 3 rings (SSSR count). The summed E-state index contributed by atoms with van der Waals surface area (Å²) in [7, 11) is 0. The van der Waals surface area contributed by atoms with Crippen LogP contribution in [0.4, 0.5) is 0 Å². The predicted molar refractivity (Wildman–Crippen MR) is 101 cm³/mol. The number of hydrogen-bond donors (Lipinski definition) is 1. The van der Waals surface area contributed by atoms with Crippen molar-refractivity contribution in [2.75, 3.05) is 0 Å². The first-order valence-corrected chi connectivity index (χ1v) is 8.99. The summed E-state index contributed by atoms with van der Waals surface area (Å²) in [6.07, 6.45) is 1.88. The fraction of sp³-hybridized carbons (Fsp3) is 0.222. The second-order valence-corrected chi connectivity index (χ2v) is 6.60. The van der Waals surface area contributed by atoms with Crippen LogP contribution in [0.2, 0.25) is 0 Å². The van der Waals surface area contributed by atoms with Crippen LogP contribution < -0.4 is 10.1 Å². The van der Waals surface area contributed by atoms with E-state index in [0.717, 1.165) is 21.6 Å². The highest BCUT2D eigenvalue weighted by Crippen LogP contribution is 2.16. The van der Waals surface area contributed by atoms with Gasteiger partial charge in [0.05, 0.1) is 12.2 Å². The van der Waals surface area contributed by atoms with E-state index < -0.39 is 0 Å². The number of amides is 1. The minimum Gasteiger partial charge on any atom is -0.486 e. The first-order chi connectivity index (χ1) is 12.1. The number of hydrogen-bond acceptors (Lipinski definition) is 4. The van der Waals surface area contributed by atoms with Gasteiger partial charge in [0.2, 0.25) is 0 Å². The largest absolute Gasteiger partial charge is 0.486 e. The van der Waals surface area contributed by atoms with Crippen LogP contribution >= 0.6 is 22.6 Å². The molecular weight excluding hydrogens is 433 g/mol. The van der Waals surface area contributed by atoms with Gasteiger partial charge in [0.1, 0.15) is 18.1 Å². The lowest BCUT2D eigenvalue weighted by molar-refractivity contribution is 0.0918. The maximum atomic E-state index is 12.1. The highest BCUT2D eigenvalue weighted by molar-refractivity contribution is 14.1. The third-order valence-corrected chi connectivity index (χ3v) is 4.25. The summed E-state index contributed by atoms with van der Waals surface area (Å²) < 4.78 is 14.1. The van der Waals surface area contributed by atoms with Crippen molar-refractivity contribution < 1.29 is 13.9 Å². The zero-order chi connectivity index (χ0) is 17.6. The van der Waals surface area contributed by atoms with Crippen LogP contribution in [-0.4, -0.2) is 15.7 Å². The van der Waals surface area contributed by atoms with E-state index in [0.29, 0.717) is 12.3 Å². The second kappa shape index (κ2) is 8.19. The Morgan fingerprint density at radius 2 is 2.04 bits per heavy atom. The number of carbonyl (C=O) groups excluding carboxylic acids is 1. The number of nitrogens with zero attached hydrogens (tertiary/aromatic N) is 2. The minimum atomic E-state index is -0.272. The predicted octanol–water partition coefficient (Wildman–Crippen LogP) is 3.61. The topological polar surface area (TPSA) is 69.3 Å². The Labute approximate surface area is 159 Å². The third-order valence-electron chi connectivity index (χ3n) is 3.53. The van der Waals surface area contributed by atoms with Crippen molar-refractivity contribution in [3.63, 3.8) is 0 Å². The van der Waals surface area contributed by atoms with Crippen molar-refractivity contribution in [1.29, 1.82) is 0 Å². The Balaban J connectivity index is 1.51. The summed E-state index contributed by atoms with van der Waals surface area (Å²) in [6, 6.07) is 13.0. The van der Waals surface area contributed by atoms with Crippen molar-refractivity contribution in [2.45, 2.75) is 26.6 Å². The summed E-state index contributed by atoms with van der Waals surface area (Å²) in [6.45, 7) is 3.45. The van der Waals surface area contributed by atoms with E-state index in [1.807, 2.05) is 48.1 Å². The third kappa shape index (κ3) is 4.85. The number of aromatic nitrogens is 2. The summed E-state index contributed by atoms with van der Waals surface area (Å²) in [5.41, 5.74) is 0.809. The molecule has 2 aromatic heterocycles. The molecule has 6 nitrogen and oxygen atoms in total. The second-order valence-electron chi connectivity index (χ2n) is 5.35. The van der Waals surface area contributed by atoms with Crippen molar-refractivity contribution in [3.8, 4) is 5.75 Å². The number of halogens is 1. The molecule has 25 heavy (non-hydrogen) atoms. The highest BCUT2D eigenvalue weighted by atomic mass is 127. The minimum absolute atomic E-state index is 0.260. The molecule has 7 heteroatoms. The standard InChI is InChI=1S/C18H18IN3O3/c1-2-22-10-9-14(21-22)11-20-18(23)17-8-7-16(25-17)12-24-15-5-3-13(19)4-6-15/h3-10H,2,11-12H2,1H3,(H,20,23). The molecule has 130 valence electrons. The molecule has 1 N–H and O–H groups in total. The Bertz CT molecular complexity index is 839. The van der Waals surface area contributed by atoms with Crippen LogP contribution in [0.15, 0.2) is 53.1 Å². The van der Waals surface area contributed by atoms with Gasteiger partial charge in [-0.05, 0) is 72.0 Å². The molecule has 0 bridgehead atoms. The molecule has 0 radical (unpaired) electrons. The van der Waals surface area contributed by atoms with E-state index in [2.05, 4.69) is 33.0 Å². The van der Waals surface area contributed by atoms with Gasteiger partial charge in [0, 0.05) is 16.3 Å². The van der Waals surface area contributed by atoms with Crippen LogP contribution in [0.1, 0.15) is 28.9 Å². The van der Waals surface area contributed by atoms with Gasteiger partial charge in [-0.15, -0.1) is 0 Å². The Morgan fingerprint density at radius 3 is 2.76 bits per heavy atom. The number of rotatable bonds is 7. The van der Waals surface area contributed by atoms with Gasteiger partial charge in [0.15, 0.2) is 5.76 Å². The number of benzene rings is 1. The smallest absolute Gasteiger partial charge is 0.287 e. The number of nitrogens with one attached hydrogen (secondary N) is 1. The van der Waals surface area contributed by atoms with Crippen molar-refractivity contribution in [3.05, 3.63) is 69.4 Å². The van der Waals surface area contributed by atoms with E-state index in [-0.39, 0.29) is 18.3 Å². The molecule has 0 aliphatic carbocycles. The summed E-state index contributed by atoms with van der Waals surface area (Å²) >= 11 is 2.24. The van der Waals surface area contributed by atoms with E-state index in [9.17, 15) is 4.79 Å². The fourth-order valence-corrected chi connectivity index (χ4v) is 2.55. The quantitative estimate of drug-likeness (QED) is 0.558. The fourth-order valence-electron chi connectivity index (χ4n) is 2.19. The van der Waals surface area contributed by atoms with Gasteiger partial charge in [-0.3, -0.25) is 9.48 Å². The summed E-state index contributed by atoms with van der Waals surface area (Å²) in [5.74, 6) is 1.34. The van der Waals surface area contributed by atoms with Crippen LogP contribution in [0.3, 0.4) is 0 Å². The molecule has 0 saturated carbocycles. The van der Waals surface area contributed by atoms with E-state index in [1.54, 1.807) is 12.1 Å². The lowest BCUT2D eigenvalue weighted by Gasteiger charge is -2.04. The highest BCUT2D eigenvalue weighted by Gasteiger charge is 2.12. The number of ether oxygens (including phenoxy) is 1. The van der Waals surface area contributed by atoms with E-state index in [1.165, 1.54) is 0 Å². The zero-order valence-corrected chi connectivity index (χ0v) is 15.9. The molecule has 0 spiro atoms. The molecule has 0 fully saturated rings. The van der Waals surface area contributed by atoms with Crippen LogP contribution in [-0.2, 0) is 19.7 Å². The zero-order valence-electron chi connectivity index (χ0n) is 13.7. The Kier molecular flexibility index (Phi) is 5.75. The van der Waals surface area contributed by atoms with Crippen molar-refractivity contribution >= 4 is 28.5 Å². The molecule has 0 aliphatic heterocycles. The van der Waals surface area contributed by atoms with Crippen molar-refractivity contribution in [1.82, 2.24) is 15.1 Å². The van der Waals surface area contributed by atoms with Crippen LogP contribution in [0, 0.1) is 3.57 Å². The molecular formula is C18H18IN3O3. The Morgan fingerprint density at radius 1 is 1.24 bits per heavy atom. The van der Waals surface area contributed by atoms with Gasteiger partial charge in [0.25, 0.3) is 5.91 Å². The molecule has 3 aromatic rings. The summed E-state index contributed by atoms with van der Waals surface area (Å²) in [5, 5.41) is 7.12.